The summed E-state index contributed by atoms with van der Waals surface area (Å²) in [5.41, 5.74) is 0. The average Bonchev–Trinajstić information content (AvgIpc) is 2.03. The molecule has 0 saturated heterocycles. The maximum Gasteiger partial charge on any atom is 0.0574 e. The quantitative estimate of drug-likeness (QED) is 0.619. The van der Waals surface area contributed by atoms with E-state index in [2.05, 4.69) is 20.8 Å². The molecule has 3 atom stereocenters. The standard InChI is InChI=1S/C11H22O/c1-8(2)11-6-5-10(12-4)7-9(11)3/h8-11H,5-7H2,1-4H3/t9-,10-,11+/m0/s1. The van der Waals surface area contributed by atoms with Crippen molar-refractivity contribution in [1.29, 1.82) is 0 Å². The van der Waals surface area contributed by atoms with E-state index in [1.165, 1.54) is 19.3 Å². The minimum atomic E-state index is 0.537. The maximum absolute atomic E-state index is 5.39. The SMILES string of the molecule is CO[C@H]1CC[C@H](C(C)C)[C@@H](C)C1. The van der Waals surface area contributed by atoms with Crippen molar-refractivity contribution in [2.45, 2.75) is 46.1 Å². The second-order valence-corrected chi connectivity index (χ2v) is 4.56. The van der Waals surface area contributed by atoms with Gasteiger partial charge in [0.25, 0.3) is 0 Å². The Balaban J connectivity index is 2.42. The predicted molar refractivity (Wildman–Crippen MR) is 52.1 cm³/mol. The van der Waals surface area contributed by atoms with Crippen LogP contribution in [0, 0.1) is 17.8 Å². The Morgan fingerprint density at radius 3 is 2.33 bits per heavy atom. The minimum absolute atomic E-state index is 0.537. The van der Waals surface area contributed by atoms with Gasteiger partial charge >= 0.3 is 0 Å². The number of methoxy groups -OCH3 is 1. The Kier molecular flexibility index (Phi) is 3.57. The van der Waals surface area contributed by atoms with Crippen LogP contribution >= 0.6 is 0 Å². The second kappa shape index (κ2) is 4.27. The molecule has 1 fully saturated rings. The molecule has 12 heavy (non-hydrogen) atoms. The van der Waals surface area contributed by atoms with Crippen LogP contribution in [0.4, 0.5) is 0 Å². The highest BCUT2D eigenvalue weighted by atomic mass is 16.5. The van der Waals surface area contributed by atoms with Gasteiger partial charge in [-0.25, -0.2) is 0 Å². The van der Waals surface area contributed by atoms with Crippen molar-refractivity contribution >= 4 is 0 Å². The van der Waals surface area contributed by atoms with E-state index in [4.69, 9.17) is 4.74 Å². The first kappa shape index (κ1) is 10.0. The first-order chi connectivity index (χ1) is 5.65. The highest BCUT2D eigenvalue weighted by molar-refractivity contribution is 4.79. The maximum atomic E-state index is 5.39. The highest BCUT2D eigenvalue weighted by Crippen LogP contribution is 2.35. The third kappa shape index (κ3) is 2.22. The van der Waals surface area contributed by atoms with E-state index in [0.29, 0.717) is 6.10 Å². The van der Waals surface area contributed by atoms with Crippen LogP contribution in [-0.2, 0) is 4.74 Å². The molecule has 1 rings (SSSR count). The molecule has 0 aliphatic heterocycles. The molecule has 72 valence electrons. The van der Waals surface area contributed by atoms with E-state index >= 15 is 0 Å². The van der Waals surface area contributed by atoms with Crippen LogP contribution in [0.2, 0.25) is 0 Å². The van der Waals surface area contributed by atoms with Crippen LogP contribution in [0.3, 0.4) is 0 Å². The molecule has 0 spiro atoms. The molecule has 1 aliphatic carbocycles. The van der Waals surface area contributed by atoms with Crippen molar-refractivity contribution in [3.05, 3.63) is 0 Å². The fraction of sp³-hybridized carbons (Fsp3) is 1.00. The Morgan fingerprint density at radius 2 is 1.92 bits per heavy atom. The lowest BCUT2D eigenvalue weighted by molar-refractivity contribution is 0.0229. The zero-order chi connectivity index (χ0) is 9.14. The summed E-state index contributed by atoms with van der Waals surface area (Å²) in [4.78, 5) is 0. The van der Waals surface area contributed by atoms with Gasteiger partial charge in [0.15, 0.2) is 0 Å². The van der Waals surface area contributed by atoms with Crippen molar-refractivity contribution < 1.29 is 4.74 Å². The van der Waals surface area contributed by atoms with Gasteiger partial charge in [-0.2, -0.15) is 0 Å². The molecule has 0 radical (unpaired) electrons. The Labute approximate surface area is 76.5 Å². The minimum Gasteiger partial charge on any atom is -0.381 e. The second-order valence-electron chi connectivity index (χ2n) is 4.56. The van der Waals surface area contributed by atoms with Crippen molar-refractivity contribution in [3.8, 4) is 0 Å². The van der Waals surface area contributed by atoms with Gasteiger partial charge in [0.05, 0.1) is 6.10 Å². The molecule has 1 nitrogen and oxygen atoms in total. The fourth-order valence-electron chi connectivity index (χ4n) is 2.57. The van der Waals surface area contributed by atoms with Crippen LogP contribution in [-0.4, -0.2) is 13.2 Å². The smallest absolute Gasteiger partial charge is 0.0574 e. The van der Waals surface area contributed by atoms with Gasteiger partial charge in [-0.1, -0.05) is 20.8 Å². The van der Waals surface area contributed by atoms with Gasteiger partial charge in [0, 0.05) is 7.11 Å². The summed E-state index contributed by atoms with van der Waals surface area (Å²) in [5.74, 6) is 2.62. The molecule has 0 aromatic heterocycles. The monoisotopic (exact) mass is 170 g/mol. The average molecular weight is 170 g/mol. The normalized spacial score (nSPS) is 37.2. The molecular formula is C11H22O. The molecule has 0 unspecified atom stereocenters. The highest BCUT2D eigenvalue weighted by Gasteiger charge is 2.28. The number of ether oxygens (including phenoxy) is 1. The zero-order valence-corrected chi connectivity index (χ0v) is 8.84. The first-order valence-corrected chi connectivity index (χ1v) is 5.18. The number of hydrogen-bond acceptors (Lipinski definition) is 1. The summed E-state index contributed by atoms with van der Waals surface area (Å²) in [7, 11) is 1.84. The predicted octanol–water partition coefficient (Wildman–Crippen LogP) is 3.09. The lowest BCUT2D eigenvalue weighted by Crippen LogP contribution is -2.30. The molecule has 1 saturated carbocycles. The molecule has 0 amide bonds. The summed E-state index contributed by atoms with van der Waals surface area (Å²) in [6.45, 7) is 7.05. The molecule has 0 bridgehead atoms. The molecule has 0 N–H and O–H groups in total. The summed E-state index contributed by atoms with van der Waals surface area (Å²) in [6, 6.07) is 0. The van der Waals surface area contributed by atoms with Crippen LogP contribution in [0.1, 0.15) is 40.0 Å². The van der Waals surface area contributed by atoms with Gasteiger partial charge in [-0.3, -0.25) is 0 Å². The van der Waals surface area contributed by atoms with Gasteiger partial charge < -0.3 is 4.74 Å². The van der Waals surface area contributed by atoms with Crippen LogP contribution in [0.25, 0.3) is 0 Å². The zero-order valence-electron chi connectivity index (χ0n) is 8.84. The molecule has 0 aromatic rings. The summed E-state index contributed by atoms with van der Waals surface area (Å²) in [5, 5.41) is 0. The Bertz CT molecular complexity index is 131. The van der Waals surface area contributed by atoms with Gasteiger partial charge in [-0.05, 0) is 37.0 Å². The van der Waals surface area contributed by atoms with Crippen LogP contribution in [0.15, 0.2) is 0 Å². The van der Waals surface area contributed by atoms with Gasteiger partial charge in [-0.15, -0.1) is 0 Å². The van der Waals surface area contributed by atoms with E-state index < -0.39 is 0 Å². The lowest BCUT2D eigenvalue weighted by atomic mass is 9.73. The van der Waals surface area contributed by atoms with E-state index in [9.17, 15) is 0 Å². The van der Waals surface area contributed by atoms with E-state index in [0.717, 1.165) is 17.8 Å². The number of hydrogen-bond donors (Lipinski definition) is 0. The Morgan fingerprint density at radius 1 is 1.25 bits per heavy atom. The van der Waals surface area contributed by atoms with Crippen LogP contribution in [0.5, 0.6) is 0 Å². The first-order valence-electron chi connectivity index (χ1n) is 5.18. The summed E-state index contributed by atoms with van der Waals surface area (Å²) in [6.07, 6.45) is 4.43. The third-order valence-electron chi connectivity index (χ3n) is 3.38. The van der Waals surface area contributed by atoms with Crippen molar-refractivity contribution in [2.24, 2.45) is 17.8 Å². The van der Waals surface area contributed by atoms with E-state index in [1.807, 2.05) is 7.11 Å². The Hall–Kier alpha value is -0.0400. The summed E-state index contributed by atoms with van der Waals surface area (Å²) < 4.78 is 5.39. The third-order valence-corrected chi connectivity index (χ3v) is 3.38. The summed E-state index contributed by atoms with van der Waals surface area (Å²) >= 11 is 0. The molecule has 1 heteroatoms. The van der Waals surface area contributed by atoms with Crippen molar-refractivity contribution in [1.82, 2.24) is 0 Å². The van der Waals surface area contributed by atoms with Crippen LogP contribution < -0.4 is 0 Å². The largest absolute Gasteiger partial charge is 0.381 e. The lowest BCUT2D eigenvalue weighted by Gasteiger charge is -2.35. The molecule has 1 aliphatic rings. The van der Waals surface area contributed by atoms with Crippen molar-refractivity contribution in [3.63, 3.8) is 0 Å². The molecule has 0 aromatic carbocycles. The van der Waals surface area contributed by atoms with Crippen molar-refractivity contribution in [2.75, 3.05) is 7.11 Å². The fourth-order valence-corrected chi connectivity index (χ4v) is 2.57. The van der Waals surface area contributed by atoms with E-state index in [1.54, 1.807) is 0 Å². The number of rotatable bonds is 2. The topological polar surface area (TPSA) is 9.23 Å². The molecule has 0 heterocycles. The van der Waals surface area contributed by atoms with Gasteiger partial charge in [0.2, 0.25) is 0 Å². The van der Waals surface area contributed by atoms with E-state index in [-0.39, 0.29) is 0 Å². The van der Waals surface area contributed by atoms with Gasteiger partial charge in [0.1, 0.15) is 0 Å². The molecular weight excluding hydrogens is 148 g/mol.